The molecule has 148 valence electrons. The summed E-state index contributed by atoms with van der Waals surface area (Å²) in [7, 11) is 1.77. The van der Waals surface area contributed by atoms with Gasteiger partial charge in [-0.3, -0.25) is 9.59 Å². The third kappa shape index (κ3) is 7.98. The quantitative estimate of drug-likeness (QED) is 0.667. The first-order chi connectivity index (χ1) is 11.7. The topological polar surface area (TPSA) is 75.4 Å². The Balaban J connectivity index is 0.00000625. The third-order valence-electron chi connectivity index (χ3n) is 4.09. The molecule has 0 heterocycles. The van der Waals surface area contributed by atoms with E-state index in [4.69, 9.17) is 5.73 Å². The number of carbonyl (C=O) groups is 2. The summed E-state index contributed by atoms with van der Waals surface area (Å²) in [5.74, 6) is 0.518. The summed E-state index contributed by atoms with van der Waals surface area (Å²) < 4.78 is 0. The smallest absolute Gasteiger partial charge is 0.251 e. The average molecular weight is 402 g/mol. The summed E-state index contributed by atoms with van der Waals surface area (Å²) in [6.07, 6.45) is 2.59. The van der Waals surface area contributed by atoms with Crippen LogP contribution in [0.3, 0.4) is 0 Å². The molecule has 2 amide bonds. The number of hydrogen-bond donors (Lipinski definition) is 2. The van der Waals surface area contributed by atoms with Crippen LogP contribution in [0.2, 0.25) is 0 Å². The predicted octanol–water partition coefficient (Wildman–Crippen LogP) is 2.71. The number of likely N-dealkylation sites (N-methyl/N-ethyl adjacent to an activating group) is 1. The predicted molar refractivity (Wildman–Crippen MR) is 113 cm³/mol. The van der Waals surface area contributed by atoms with Crippen LogP contribution in [-0.2, 0) is 4.79 Å². The number of thioether (sulfide) groups is 1. The van der Waals surface area contributed by atoms with Crippen LogP contribution in [0.1, 0.15) is 36.2 Å². The lowest BCUT2D eigenvalue weighted by Crippen LogP contribution is -2.50. The highest BCUT2D eigenvalue weighted by molar-refractivity contribution is 7.98. The Hall–Kier alpha value is -1.24. The lowest BCUT2D eigenvalue weighted by Gasteiger charge is -2.31. The van der Waals surface area contributed by atoms with Crippen LogP contribution >= 0.6 is 24.2 Å². The molecule has 0 bridgehead atoms. The zero-order chi connectivity index (χ0) is 19.0. The van der Waals surface area contributed by atoms with Gasteiger partial charge >= 0.3 is 0 Å². The SMILES string of the molecule is CSCCC(NC(=O)c1cccc(C)c1)C(=O)N(C)CC(C)(C)CN.Cl. The van der Waals surface area contributed by atoms with E-state index in [1.54, 1.807) is 29.8 Å². The fourth-order valence-corrected chi connectivity index (χ4v) is 3.04. The first-order valence-corrected chi connectivity index (χ1v) is 9.91. The minimum Gasteiger partial charge on any atom is -0.343 e. The highest BCUT2D eigenvalue weighted by Crippen LogP contribution is 2.15. The van der Waals surface area contributed by atoms with Gasteiger partial charge < -0.3 is 16.0 Å². The molecule has 1 rings (SSSR count). The maximum atomic E-state index is 12.8. The monoisotopic (exact) mass is 401 g/mol. The number of nitrogens with one attached hydrogen (secondary N) is 1. The number of benzene rings is 1. The summed E-state index contributed by atoms with van der Waals surface area (Å²) in [5, 5.41) is 2.91. The number of halogens is 1. The molecule has 3 N–H and O–H groups in total. The van der Waals surface area contributed by atoms with E-state index in [0.29, 0.717) is 25.1 Å². The summed E-state index contributed by atoms with van der Waals surface area (Å²) in [6, 6.07) is 6.85. The normalized spacial score (nSPS) is 12.1. The molecule has 0 saturated carbocycles. The molecule has 5 nitrogen and oxygen atoms in total. The molecule has 0 aliphatic heterocycles. The number of aryl methyl sites for hydroxylation is 1. The van der Waals surface area contributed by atoms with E-state index in [1.807, 2.05) is 45.2 Å². The largest absolute Gasteiger partial charge is 0.343 e. The van der Waals surface area contributed by atoms with Gasteiger partial charge in [-0.15, -0.1) is 12.4 Å². The van der Waals surface area contributed by atoms with Gasteiger partial charge in [0.05, 0.1) is 0 Å². The first kappa shape index (κ1) is 24.8. The summed E-state index contributed by atoms with van der Waals surface area (Å²) in [4.78, 5) is 27.0. The second-order valence-electron chi connectivity index (χ2n) is 7.24. The Labute approximate surface area is 167 Å². The van der Waals surface area contributed by atoms with E-state index in [2.05, 4.69) is 5.32 Å². The molecular weight excluding hydrogens is 370 g/mol. The van der Waals surface area contributed by atoms with Gasteiger partial charge in [0, 0.05) is 19.2 Å². The minimum atomic E-state index is -0.529. The van der Waals surface area contributed by atoms with Crippen molar-refractivity contribution in [2.45, 2.75) is 33.2 Å². The van der Waals surface area contributed by atoms with Crippen molar-refractivity contribution < 1.29 is 9.59 Å². The van der Waals surface area contributed by atoms with Crippen LogP contribution in [0, 0.1) is 12.3 Å². The van der Waals surface area contributed by atoms with Gasteiger partial charge in [-0.25, -0.2) is 0 Å². The fourth-order valence-electron chi connectivity index (χ4n) is 2.57. The maximum absolute atomic E-state index is 12.8. The summed E-state index contributed by atoms with van der Waals surface area (Å²) >= 11 is 1.66. The molecule has 0 radical (unpaired) electrons. The molecule has 1 aromatic rings. The molecule has 1 unspecified atom stereocenters. The molecule has 1 aromatic carbocycles. The molecule has 0 fully saturated rings. The molecule has 0 spiro atoms. The van der Waals surface area contributed by atoms with Gasteiger partial charge in [0.25, 0.3) is 5.91 Å². The lowest BCUT2D eigenvalue weighted by molar-refractivity contribution is -0.133. The number of nitrogens with zero attached hydrogens (tertiary/aromatic N) is 1. The molecule has 0 aliphatic carbocycles. The molecule has 7 heteroatoms. The maximum Gasteiger partial charge on any atom is 0.251 e. The van der Waals surface area contributed by atoms with Crippen LogP contribution in [-0.4, -0.2) is 54.9 Å². The van der Waals surface area contributed by atoms with Crippen molar-refractivity contribution in [3.05, 3.63) is 35.4 Å². The van der Waals surface area contributed by atoms with E-state index in [9.17, 15) is 9.59 Å². The first-order valence-electron chi connectivity index (χ1n) is 8.51. The van der Waals surface area contributed by atoms with Crippen molar-refractivity contribution in [1.82, 2.24) is 10.2 Å². The van der Waals surface area contributed by atoms with Crippen molar-refractivity contribution >= 4 is 36.0 Å². The lowest BCUT2D eigenvalue weighted by atomic mass is 9.93. The highest BCUT2D eigenvalue weighted by Gasteiger charge is 2.27. The molecule has 0 saturated heterocycles. The second-order valence-corrected chi connectivity index (χ2v) is 8.23. The van der Waals surface area contributed by atoms with Gasteiger partial charge in [-0.05, 0) is 49.4 Å². The Bertz CT molecular complexity index is 596. The molecule has 0 aromatic heterocycles. The van der Waals surface area contributed by atoms with Crippen molar-refractivity contribution in [2.24, 2.45) is 11.1 Å². The van der Waals surface area contributed by atoms with E-state index in [-0.39, 0.29) is 29.6 Å². The van der Waals surface area contributed by atoms with Gasteiger partial charge in [0.2, 0.25) is 5.91 Å². The fraction of sp³-hybridized carbons (Fsp3) is 0.579. The van der Waals surface area contributed by atoms with Crippen molar-refractivity contribution in [1.29, 1.82) is 0 Å². The number of nitrogens with two attached hydrogens (primary N) is 1. The standard InChI is InChI=1S/C19H31N3O2S.ClH/c1-14-7-6-8-15(11-14)17(23)21-16(9-10-25-5)18(24)22(4)13-19(2,3)12-20;/h6-8,11,16H,9-10,12-13,20H2,1-5H3,(H,21,23);1H. The molecule has 26 heavy (non-hydrogen) atoms. The molecule has 1 atom stereocenters. The third-order valence-corrected chi connectivity index (χ3v) is 4.73. The zero-order valence-corrected chi connectivity index (χ0v) is 18.0. The Morgan fingerprint density at radius 2 is 2.00 bits per heavy atom. The zero-order valence-electron chi connectivity index (χ0n) is 16.4. The van der Waals surface area contributed by atoms with E-state index in [1.165, 1.54) is 0 Å². The van der Waals surface area contributed by atoms with Crippen LogP contribution < -0.4 is 11.1 Å². The highest BCUT2D eigenvalue weighted by atomic mass is 35.5. The van der Waals surface area contributed by atoms with Crippen molar-refractivity contribution in [2.75, 3.05) is 32.1 Å². The van der Waals surface area contributed by atoms with Crippen molar-refractivity contribution in [3.63, 3.8) is 0 Å². The van der Waals surface area contributed by atoms with Gasteiger partial charge in [0.1, 0.15) is 6.04 Å². The van der Waals surface area contributed by atoms with Gasteiger partial charge in [-0.1, -0.05) is 31.5 Å². The summed E-state index contributed by atoms with van der Waals surface area (Å²) in [5.41, 5.74) is 7.20. The van der Waals surface area contributed by atoms with E-state index < -0.39 is 6.04 Å². The second kappa shape index (κ2) is 11.5. The average Bonchev–Trinajstić information content (AvgIpc) is 2.57. The van der Waals surface area contributed by atoms with Gasteiger partial charge in [0.15, 0.2) is 0 Å². The van der Waals surface area contributed by atoms with E-state index >= 15 is 0 Å². The van der Waals surface area contributed by atoms with Crippen LogP contribution in [0.15, 0.2) is 24.3 Å². The Morgan fingerprint density at radius 3 is 2.54 bits per heavy atom. The molecule has 0 aliphatic rings. The van der Waals surface area contributed by atoms with Crippen LogP contribution in [0.5, 0.6) is 0 Å². The van der Waals surface area contributed by atoms with Crippen LogP contribution in [0.25, 0.3) is 0 Å². The number of rotatable bonds is 9. The minimum absolute atomic E-state index is 0. The number of amides is 2. The van der Waals surface area contributed by atoms with Gasteiger partial charge in [-0.2, -0.15) is 11.8 Å². The van der Waals surface area contributed by atoms with E-state index in [0.717, 1.165) is 11.3 Å². The van der Waals surface area contributed by atoms with Crippen molar-refractivity contribution in [3.8, 4) is 0 Å². The van der Waals surface area contributed by atoms with Crippen LogP contribution in [0.4, 0.5) is 0 Å². The summed E-state index contributed by atoms with van der Waals surface area (Å²) in [6.45, 7) is 7.04. The number of hydrogen-bond acceptors (Lipinski definition) is 4. The Morgan fingerprint density at radius 1 is 1.35 bits per heavy atom. The number of carbonyl (C=O) groups excluding carboxylic acids is 2. The Kier molecular flexibility index (Phi) is 10.9. The molecular formula is C19H32ClN3O2S.